The maximum Gasteiger partial charge on any atom is 0.166 e. The van der Waals surface area contributed by atoms with E-state index in [0.717, 1.165) is 31.2 Å². The van der Waals surface area contributed by atoms with Gasteiger partial charge in [0.25, 0.3) is 0 Å². The van der Waals surface area contributed by atoms with Gasteiger partial charge in [-0.05, 0) is 74.8 Å². The summed E-state index contributed by atoms with van der Waals surface area (Å²) in [5.74, 6) is 0.671. The van der Waals surface area contributed by atoms with Crippen LogP contribution in [-0.4, -0.2) is 5.78 Å². The van der Waals surface area contributed by atoms with E-state index in [1.54, 1.807) is 0 Å². The van der Waals surface area contributed by atoms with Crippen LogP contribution in [0.5, 0.6) is 0 Å². The number of hydrogen-bond donors (Lipinski definition) is 0. The second-order valence-electron chi connectivity index (χ2n) is 5.74. The van der Waals surface area contributed by atoms with Crippen molar-refractivity contribution >= 4 is 5.78 Å². The minimum atomic E-state index is 0.266. The predicted molar refractivity (Wildman–Crippen MR) is 76.4 cm³/mol. The highest BCUT2D eigenvalue weighted by Crippen LogP contribution is 2.35. The van der Waals surface area contributed by atoms with E-state index in [0.29, 0.717) is 5.78 Å². The average Bonchev–Trinajstić information content (AvgIpc) is 2.36. The van der Waals surface area contributed by atoms with Crippen LogP contribution in [0, 0.1) is 33.6 Å². The second-order valence-corrected chi connectivity index (χ2v) is 5.74. The largest absolute Gasteiger partial charge is 0.294 e. The molecule has 1 atom stereocenters. The van der Waals surface area contributed by atoms with E-state index in [1.807, 2.05) is 0 Å². The van der Waals surface area contributed by atoms with Gasteiger partial charge in [-0.25, -0.2) is 0 Å². The lowest BCUT2D eigenvalue weighted by atomic mass is 9.75. The molecule has 1 heteroatoms. The standard InChI is InChI=1S/C17H24O/c1-6-7-14-8-9-15-12(4)10(2)11(3)13(5)16(15)17(14)18/h14H,6-9H2,1-5H3. The summed E-state index contributed by atoms with van der Waals surface area (Å²) in [5.41, 5.74) is 7.62. The van der Waals surface area contributed by atoms with Crippen LogP contribution in [0.1, 0.15) is 64.4 Å². The zero-order valence-corrected chi connectivity index (χ0v) is 12.3. The number of carbonyl (C=O) groups is 1. The Morgan fingerprint density at radius 2 is 1.61 bits per heavy atom. The van der Waals surface area contributed by atoms with E-state index in [-0.39, 0.29) is 5.92 Å². The van der Waals surface area contributed by atoms with Crippen LogP contribution in [0.15, 0.2) is 0 Å². The van der Waals surface area contributed by atoms with Gasteiger partial charge in [0, 0.05) is 11.5 Å². The summed E-state index contributed by atoms with van der Waals surface area (Å²) in [6.07, 6.45) is 4.28. The third-order valence-electron chi connectivity index (χ3n) is 4.81. The van der Waals surface area contributed by atoms with Crippen molar-refractivity contribution in [2.24, 2.45) is 5.92 Å². The van der Waals surface area contributed by atoms with Crippen molar-refractivity contribution in [2.45, 2.75) is 60.3 Å². The highest BCUT2D eigenvalue weighted by molar-refractivity contribution is 6.02. The Kier molecular flexibility index (Phi) is 3.61. The number of hydrogen-bond acceptors (Lipinski definition) is 1. The molecule has 0 N–H and O–H groups in total. The lowest BCUT2D eigenvalue weighted by Crippen LogP contribution is -2.25. The van der Waals surface area contributed by atoms with Crippen LogP contribution >= 0.6 is 0 Å². The Labute approximate surface area is 111 Å². The number of benzene rings is 1. The molecule has 1 aromatic carbocycles. The first kappa shape index (κ1) is 13.3. The summed E-state index contributed by atoms with van der Waals surface area (Å²) in [6.45, 7) is 10.8. The molecule has 0 radical (unpaired) electrons. The summed E-state index contributed by atoms with van der Waals surface area (Å²) in [4.78, 5) is 12.6. The molecule has 0 aliphatic heterocycles. The van der Waals surface area contributed by atoms with Gasteiger partial charge in [0.1, 0.15) is 0 Å². The van der Waals surface area contributed by atoms with Gasteiger partial charge in [-0.1, -0.05) is 13.3 Å². The number of carbonyl (C=O) groups excluding carboxylic acids is 1. The van der Waals surface area contributed by atoms with Crippen LogP contribution in [-0.2, 0) is 6.42 Å². The quantitative estimate of drug-likeness (QED) is 0.750. The highest BCUT2D eigenvalue weighted by atomic mass is 16.1. The van der Waals surface area contributed by atoms with Crippen LogP contribution < -0.4 is 0 Å². The lowest BCUT2D eigenvalue weighted by Gasteiger charge is -2.28. The van der Waals surface area contributed by atoms with Crippen LogP contribution in [0.4, 0.5) is 0 Å². The zero-order chi connectivity index (χ0) is 13.4. The minimum Gasteiger partial charge on any atom is -0.294 e. The van der Waals surface area contributed by atoms with Gasteiger partial charge >= 0.3 is 0 Å². The summed E-state index contributed by atoms with van der Waals surface area (Å²) < 4.78 is 0. The van der Waals surface area contributed by atoms with E-state index in [4.69, 9.17) is 0 Å². The van der Waals surface area contributed by atoms with Gasteiger partial charge in [-0.3, -0.25) is 4.79 Å². The van der Waals surface area contributed by atoms with E-state index in [9.17, 15) is 4.79 Å². The molecule has 2 rings (SSSR count). The fourth-order valence-corrected chi connectivity index (χ4v) is 3.31. The van der Waals surface area contributed by atoms with Crippen molar-refractivity contribution in [3.8, 4) is 0 Å². The Morgan fingerprint density at radius 1 is 1.00 bits per heavy atom. The molecule has 1 unspecified atom stereocenters. The Morgan fingerprint density at radius 3 is 2.22 bits per heavy atom. The first-order chi connectivity index (χ1) is 8.49. The summed E-state index contributed by atoms with van der Waals surface area (Å²) >= 11 is 0. The van der Waals surface area contributed by atoms with Gasteiger partial charge in [0.05, 0.1) is 0 Å². The highest BCUT2D eigenvalue weighted by Gasteiger charge is 2.30. The zero-order valence-electron chi connectivity index (χ0n) is 12.3. The summed E-state index contributed by atoms with van der Waals surface area (Å²) in [7, 11) is 0. The molecule has 0 saturated heterocycles. The van der Waals surface area contributed by atoms with Crippen molar-refractivity contribution in [3.05, 3.63) is 33.4 Å². The number of Topliss-reactive ketones (excluding diaryl/α,β-unsaturated/α-hetero) is 1. The third kappa shape index (κ3) is 1.90. The fourth-order valence-electron chi connectivity index (χ4n) is 3.31. The smallest absolute Gasteiger partial charge is 0.166 e. The molecule has 0 amide bonds. The van der Waals surface area contributed by atoms with Gasteiger partial charge in [0.2, 0.25) is 0 Å². The molecule has 0 aromatic heterocycles. The first-order valence-corrected chi connectivity index (χ1v) is 7.12. The maximum atomic E-state index is 12.6. The second kappa shape index (κ2) is 4.87. The molecule has 0 heterocycles. The minimum absolute atomic E-state index is 0.266. The molecular formula is C17H24O. The molecule has 0 bridgehead atoms. The molecule has 0 fully saturated rings. The third-order valence-corrected chi connectivity index (χ3v) is 4.81. The number of rotatable bonds is 2. The topological polar surface area (TPSA) is 17.1 Å². The summed E-state index contributed by atoms with van der Waals surface area (Å²) in [6, 6.07) is 0. The molecule has 0 spiro atoms. The van der Waals surface area contributed by atoms with Crippen LogP contribution in [0.3, 0.4) is 0 Å². The molecule has 0 saturated carbocycles. The van der Waals surface area contributed by atoms with Crippen LogP contribution in [0.2, 0.25) is 0 Å². The monoisotopic (exact) mass is 244 g/mol. The van der Waals surface area contributed by atoms with Crippen molar-refractivity contribution < 1.29 is 4.79 Å². The van der Waals surface area contributed by atoms with Crippen LogP contribution in [0.25, 0.3) is 0 Å². The van der Waals surface area contributed by atoms with E-state index in [1.165, 1.54) is 27.8 Å². The van der Waals surface area contributed by atoms with Crippen molar-refractivity contribution in [1.29, 1.82) is 0 Å². The number of fused-ring (bicyclic) bond motifs is 1. The Hall–Kier alpha value is -1.11. The van der Waals surface area contributed by atoms with Gasteiger partial charge in [-0.15, -0.1) is 0 Å². The van der Waals surface area contributed by atoms with Gasteiger partial charge < -0.3 is 0 Å². The van der Waals surface area contributed by atoms with E-state index >= 15 is 0 Å². The van der Waals surface area contributed by atoms with Crippen molar-refractivity contribution in [2.75, 3.05) is 0 Å². The number of ketones is 1. The van der Waals surface area contributed by atoms with Crippen molar-refractivity contribution in [3.63, 3.8) is 0 Å². The molecular weight excluding hydrogens is 220 g/mol. The lowest BCUT2D eigenvalue weighted by molar-refractivity contribution is 0.0893. The molecule has 1 aliphatic carbocycles. The summed E-state index contributed by atoms with van der Waals surface area (Å²) in [5, 5.41) is 0. The molecule has 1 aromatic rings. The Balaban J connectivity index is 2.58. The molecule has 98 valence electrons. The normalized spacial score (nSPS) is 18.9. The van der Waals surface area contributed by atoms with E-state index < -0.39 is 0 Å². The molecule has 1 nitrogen and oxygen atoms in total. The average molecular weight is 244 g/mol. The van der Waals surface area contributed by atoms with E-state index in [2.05, 4.69) is 34.6 Å². The fraction of sp³-hybridized carbons (Fsp3) is 0.588. The van der Waals surface area contributed by atoms with Gasteiger partial charge in [-0.2, -0.15) is 0 Å². The SMILES string of the molecule is CCCC1CCc2c(C)c(C)c(C)c(C)c2C1=O. The Bertz CT molecular complexity index is 497. The van der Waals surface area contributed by atoms with Gasteiger partial charge in [0.15, 0.2) is 5.78 Å². The maximum absolute atomic E-state index is 12.6. The van der Waals surface area contributed by atoms with Crippen molar-refractivity contribution in [1.82, 2.24) is 0 Å². The first-order valence-electron chi connectivity index (χ1n) is 7.12. The molecule has 1 aliphatic rings. The predicted octanol–water partition coefficient (Wildman–Crippen LogP) is 4.47. The molecule has 18 heavy (non-hydrogen) atoms.